The minimum Gasteiger partial charge on any atom is -0.481 e. The van der Waals surface area contributed by atoms with Crippen molar-refractivity contribution >= 4 is 11.7 Å². The Labute approximate surface area is 110 Å². The second-order valence-corrected chi connectivity index (χ2v) is 4.39. The van der Waals surface area contributed by atoms with Crippen LogP contribution in [0.15, 0.2) is 48.5 Å². The number of anilines is 1. The van der Waals surface area contributed by atoms with Crippen LogP contribution in [0.1, 0.15) is 17.0 Å². The predicted molar refractivity (Wildman–Crippen MR) is 71.3 cm³/mol. The Morgan fingerprint density at radius 3 is 2.21 bits per heavy atom. The molecule has 2 rings (SSSR count). The molecule has 3 N–H and O–H groups in total. The first-order chi connectivity index (χ1) is 9.06. The number of nitrogens with two attached hydrogens (primary N) is 1. The molecule has 0 saturated heterocycles. The number of carboxylic acids is 1. The Morgan fingerprint density at radius 2 is 1.68 bits per heavy atom. The Balaban J connectivity index is 2.23. The zero-order valence-electron chi connectivity index (χ0n) is 10.2. The summed E-state index contributed by atoms with van der Waals surface area (Å²) in [6.45, 7) is 0. The minimum atomic E-state index is -0.927. The van der Waals surface area contributed by atoms with Crippen molar-refractivity contribution in [3.8, 4) is 0 Å². The van der Waals surface area contributed by atoms with Gasteiger partial charge < -0.3 is 10.8 Å². The van der Waals surface area contributed by atoms with Gasteiger partial charge in [-0.3, -0.25) is 4.79 Å². The average Bonchev–Trinajstić information content (AvgIpc) is 2.39. The van der Waals surface area contributed by atoms with E-state index in [9.17, 15) is 14.3 Å². The minimum absolute atomic E-state index is 0.348. The number of carboxylic acid groups (broad SMARTS) is 1. The lowest BCUT2D eigenvalue weighted by molar-refractivity contribution is -0.138. The van der Waals surface area contributed by atoms with Crippen LogP contribution in [-0.4, -0.2) is 11.1 Å². The molecule has 0 amide bonds. The Bertz CT molecular complexity index is 564. The molecule has 0 aromatic heterocycles. The van der Waals surface area contributed by atoms with Gasteiger partial charge in [-0.05, 0) is 41.8 Å². The molecule has 0 aliphatic heterocycles. The molecule has 0 bridgehead atoms. The molecule has 19 heavy (non-hydrogen) atoms. The van der Waals surface area contributed by atoms with Gasteiger partial charge in [0.15, 0.2) is 0 Å². The molecule has 1 atom stereocenters. The molecule has 0 fully saturated rings. The van der Waals surface area contributed by atoms with Crippen molar-refractivity contribution in [2.45, 2.75) is 12.3 Å². The second-order valence-electron chi connectivity index (χ2n) is 4.39. The van der Waals surface area contributed by atoms with Crippen LogP contribution in [0.25, 0.3) is 0 Å². The number of rotatable bonds is 4. The summed E-state index contributed by atoms with van der Waals surface area (Å²) in [6.07, 6.45) is 0.348. The smallest absolute Gasteiger partial charge is 0.311 e. The molecule has 2 aromatic carbocycles. The van der Waals surface area contributed by atoms with E-state index in [0.717, 1.165) is 5.56 Å². The lowest BCUT2D eigenvalue weighted by Gasteiger charge is -2.13. The first-order valence-electron chi connectivity index (χ1n) is 5.89. The molecule has 0 saturated carbocycles. The van der Waals surface area contributed by atoms with Gasteiger partial charge in [-0.15, -0.1) is 0 Å². The van der Waals surface area contributed by atoms with Crippen LogP contribution in [-0.2, 0) is 11.2 Å². The van der Waals surface area contributed by atoms with Gasteiger partial charge in [0.25, 0.3) is 0 Å². The van der Waals surface area contributed by atoms with Crippen molar-refractivity contribution in [3.05, 3.63) is 65.5 Å². The molecule has 98 valence electrons. The zero-order valence-corrected chi connectivity index (χ0v) is 10.2. The molecule has 1 unspecified atom stereocenters. The highest BCUT2D eigenvalue weighted by Crippen LogP contribution is 2.22. The predicted octanol–water partition coefficient (Wildman–Crippen LogP) is 2.82. The van der Waals surface area contributed by atoms with Gasteiger partial charge in [0, 0.05) is 5.69 Å². The maximum Gasteiger partial charge on any atom is 0.311 e. The Morgan fingerprint density at radius 1 is 1.11 bits per heavy atom. The third kappa shape index (κ3) is 3.31. The quantitative estimate of drug-likeness (QED) is 0.830. The largest absolute Gasteiger partial charge is 0.481 e. The molecule has 4 heteroatoms. The van der Waals surface area contributed by atoms with Crippen LogP contribution in [0.4, 0.5) is 10.1 Å². The second kappa shape index (κ2) is 5.52. The average molecular weight is 259 g/mol. The first kappa shape index (κ1) is 13.1. The van der Waals surface area contributed by atoms with Crippen molar-refractivity contribution in [2.24, 2.45) is 0 Å². The molecule has 2 aromatic rings. The summed E-state index contributed by atoms with van der Waals surface area (Å²) in [4.78, 5) is 11.3. The summed E-state index contributed by atoms with van der Waals surface area (Å²) in [7, 11) is 0. The van der Waals surface area contributed by atoms with Crippen molar-refractivity contribution in [3.63, 3.8) is 0 Å². The van der Waals surface area contributed by atoms with Gasteiger partial charge in [0.05, 0.1) is 5.92 Å². The monoisotopic (exact) mass is 259 g/mol. The van der Waals surface area contributed by atoms with Crippen LogP contribution in [0, 0.1) is 5.82 Å². The van der Waals surface area contributed by atoms with E-state index in [2.05, 4.69) is 0 Å². The van der Waals surface area contributed by atoms with Crippen LogP contribution in [0.3, 0.4) is 0 Å². The van der Waals surface area contributed by atoms with Crippen LogP contribution in [0.2, 0.25) is 0 Å². The van der Waals surface area contributed by atoms with Crippen LogP contribution >= 0.6 is 0 Å². The van der Waals surface area contributed by atoms with Gasteiger partial charge in [-0.2, -0.15) is 0 Å². The van der Waals surface area contributed by atoms with Gasteiger partial charge >= 0.3 is 5.97 Å². The molecule has 0 aliphatic carbocycles. The fraction of sp³-hybridized carbons (Fsp3) is 0.133. The highest BCUT2D eigenvalue weighted by Gasteiger charge is 2.20. The van der Waals surface area contributed by atoms with E-state index in [1.54, 1.807) is 24.3 Å². The van der Waals surface area contributed by atoms with Crippen molar-refractivity contribution in [1.29, 1.82) is 0 Å². The standard InChI is InChI=1S/C15H14FNO2/c16-12-5-3-11(4-6-12)14(15(18)19)9-10-1-7-13(17)8-2-10/h1-8,14H,9,17H2,(H,18,19). The lowest BCUT2D eigenvalue weighted by Crippen LogP contribution is -2.14. The van der Waals surface area contributed by atoms with E-state index < -0.39 is 11.9 Å². The number of benzene rings is 2. The molecule has 0 heterocycles. The van der Waals surface area contributed by atoms with Crippen molar-refractivity contribution < 1.29 is 14.3 Å². The number of aliphatic carboxylic acids is 1. The fourth-order valence-electron chi connectivity index (χ4n) is 1.93. The van der Waals surface area contributed by atoms with E-state index in [4.69, 9.17) is 5.73 Å². The lowest BCUT2D eigenvalue weighted by atomic mass is 9.92. The molecule has 3 nitrogen and oxygen atoms in total. The SMILES string of the molecule is Nc1ccc(CC(C(=O)O)c2ccc(F)cc2)cc1. The maximum atomic E-state index is 12.9. The van der Waals surface area contributed by atoms with Crippen LogP contribution in [0.5, 0.6) is 0 Å². The van der Waals surface area contributed by atoms with Gasteiger partial charge in [0.1, 0.15) is 5.82 Å². The maximum absolute atomic E-state index is 12.9. The zero-order chi connectivity index (χ0) is 13.8. The number of hydrogen-bond acceptors (Lipinski definition) is 2. The molecule has 0 aliphatic rings. The van der Waals surface area contributed by atoms with Gasteiger partial charge in [-0.25, -0.2) is 4.39 Å². The normalized spacial score (nSPS) is 12.1. The summed E-state index contributed by atoms with van der Waals surface area (Å²) in [6, 6.07) is 12.6. The Hall–Kier alpha value is -2.36. The third-order valence-corrected chi connectivity index (χ3v) is 2.99. The van der Waals surface area contributed by atoms with Crippen molar-refractivity contribution in [1.82, 2.24) is 0 Å². The number of halogens is 1. The summed E-state index contributed by atoms with van der Waals surface area (Å²) in [5.41, 5.74) is 7.69. The fourth-order valence-corrected chi connectivity index (χ4v) is 1.93. The summed E-state index contributed by atoms with van der Waals surface area (Å²) < 4.78 is 12.9. The van der Waals surface area contributed by atoms with E-state index >= 15 is 0 Å². The summed E-state index contributed by atoms with van der Waals surface area (Å²) >= 11 is 0. The number of carbonyl (C=O) groups is 1. The third-order valence-electron chi connectivity index (χ3n) is 2.99. The molecular formula is C15H14FNO2. The number of nitrogen functional groups attached to an aromatic ring is 1. The molecule has 0 radical (unpaired) electrons. The molecular weight excluding hydrogens is 245 g/mol. The van der Waals surface area contributed by atoms with Crippen molar-refractivity contribution in [2.75, 3.05) is 5.73 Å². The summed E-state index contributed by atoms with van der Waals surface area (Å²) in [5, 5.41) is 9.29. The Kier molecular flexibility index (Phi) is 3.80. The van der Waals surface area contributed by atoms with Crippen LogP contribution < -0.4 is 5.73 Å². The highest BCUT2D eigenvalue weighted by molar-refractivity contribution is 5.76. The van der Waals surface area contributed by atoms with Gasteiger partial charge in [-0.1, -0.05) is 24.3 Å². The van der Waals surface area contributed by atoms with E-state index in [1.807, 2.05) is 0 Å². The molecule has 0 spiro atoms. The summed E-state index contributed by atoms with van der Waals surface area (Å²) in [5.74, 6) is -1.99. The van der Waals surface area contributed by atoms with E-state index in [-0.39, 0.29) is 5.82 Å². The van der Waals surface area contributed by atoms with E-state index in [1.165, 1.54) is 24.3 Å². The topological polar surface area (TPSA) is 63.3 Å². The number of hydrogen-bond donors (Lipinski definition) is 2. The van der Waals surface area contributed by atoms with Gasteiger partial charge in [0.2, 0.25) is 0 Å². The highest BCUT2D eigenvalue weighted by atomic mass is 19.1. The first-order valence-corrected chi connectivity index (χ1v) is 5.89. The van der Waals surface area contributed by atoms with E-state index in [0.29, 0.717) is 17.7 Å².